The molecule has 0 bridgehead atoms. The number of pyridine rings is 1. The third kappa shape index (κ3) is 4.89. The summed E-state index contributed by atoms with van der Waals surface area (Å²) in [4.78, 5) is 18.8. The van der Waals surface area contributed by atoms with Crippen LogP contribution >= 0.6 is 0 Å². The van der Waals surface area contributed by atoms with Gasteiger partial charge in [0.2, 0.25) is 0 Å². The number of piperidine rings is 1. The third-order valence-electron chi connectivity index (χ3n) is 5.82. The number of fused-ring (bicyclic) bond motifs is 1. The van der Waals surface area contributed by atoms with Gasteiger partial charge in [-0.3, -0.25) is 4.98 Å². The summed E-state index contributed by atoms with van der Waals surface area (Å²) in [6.07, 6.45) is 4.31. The van der Waals surface area contributed by atoms with Crippen LogP contribution in [0.2, 0.25) is 0 Å². The van der Waals surface area contributed by atoms with E-state index in [0.29, 0.717) is 13.1 Å². The van der Waals surface area contributed by atoms with E-state index in [0.717, 1.165) is 25.0 Å². The van der Waals surface area contributed by atoms with E-state index in [4.69, 9.17) is 4.74 Å². The molecule has 0 saturated carbocycles. The third-order valence-corrected chi connectivity index (χ3v) is 7.38. The Morgan fingerprint density at radius 1 is 1.28 bits per heavy atom. The molecular formula is C22H35N3O3S. The van der Waals surface area contributed by atoms with E-state index in [1.807, 2.05) is 54.7 Å². The molecule has 1 aromatic rings. The molecule has 2 heterocycles. The van der Waals surface area contributed by atoms with Gasteiger partial charge in [-0.2, -0.15) is 0 Å². The summed E-state index contributed by atoms with van der Waals surface area (Å²) in [5.74, 6) is 0. The average Bonchev–Trinajstić information content (AvgIpc) is 2.86. The largest absolute Gasteiger partial charge is 0.598 e. The fraction of sp³-hybridized carbons (Fsp3) is 0.727. The van der Waals surface area contributed by atoms with E-state index in [-0.39, 0.29) is 22.3 Å². The Labute approximate surface area is 178 Å². The number of nitrogens with zero attached hydrogens (tertiary/aromatic N) is 2. The minimum absolute atomic E-state index is 0.0000415. The lowest BCUT2D eigenvalue weighted by molar-refractivity contribution is 0.00716. The molecule has 1 spiro atoms. The maximum absolute atomic E-state index is 13.0. The Kier molecular flexibility index (Phi) is 5.98. The van der Waals surface area contributed by atoms with Gasteiger partial charge in [0.1, 0.15) is 10.3 Å². The van der Waals surface area contributed by atoms with Gasteiger partial charge in [-0.15, -0.1) is 4.72 Å². The molecule has 7 heteroatoms. The zero-order valence-corrected chi connectivity index (χ0v) is 19.6. The van der Waals surface area contributed by atoms with Crippen LogP contribution in [0.3, 0.4) is 0 Å². The minimum Gasteiger partial charge on any atom is -0.598 e. The Morgan fingerprint density at radius 3 is 2.45 bits per heavy atom. The molecule has 3 rings (SSSR count). The van der Waals surface area contributed by atoms with Crippen LogP contribution < -0.4 is 4.72 Å². The molecule has 2 atom stereocenters. The Hall–Kier alpha value is -1.31. The van der Waals surface area contributed by atoms with Crippen LogP contribution in [0.1, 0.15) is 77.2 Å². The quantitative estimate of drug-likeness (QED) is 0.729. The van der Waals surface area contributed by atoms with Gasteiger partial charge >= 0.3 is 6.09 Å². The molecule has 1 aliphatic heterocycles. The molecule has 1 aliphatic carbocycles. The molecule has 29 heavy (non-hydrogen) atoms. The topological polar surface area (TPSA) is 77.5 Å². The highest BCUT2D eigenvalue weighted by molar-refractivity contribution is 7.90. The Morgan fingerprint density at radius 2 is 1.90 bits per heavy atom. The normalized spacial score (nSPS) is 22.5. The van der Waals surface area contributed by atoms with Gasteiger partial charge in [-0.05, 0) is 84.9 Å². The molecule has 1 fully saturated rings. The lowest BCUT2D eigenvalue weighted by Gasteiger charge is -2.43. The van der Waals surface area contributed by atoms with Gasteiger partial charge in [0.15, 0.2) is 0 Å². The van der Waals surface area contributed by atoms with Crippen LogP contribution in [0.5, 0.6) is 0 Å². The van der Waals surface area contributed by atoms with Crippen LogP contribution in [0.4, 0.5) is 4.79 Å². The first-order valence-electron chi connectivity index (χ1n) is 10.4. The van der Waals surface area contributed by atoms with E-state index in [9.17, 15) is 9.35 Å². The second-order valence-electron chi connectivity index (χ2n) is 10.5. The Bertz CT molecular complexity index is 762. The smallest absolute Gasteiger partial charge is 0.410 e. The van der Waals surface area contributed by atoms with Crippen molar-refractivity contribution in [2.75, 3.05) is 13.1 Å². The van der Waals surface area contributed by atoms with Crippen molar-refractivity contribution in [1.82, 2.24) is 14.6 Å². The van der Waals surface area contributed by atoms with Gasteiger partial charge in [-0.25, -0.2) is 4.79 Å². The summed E-state index contributed by atoms with van der Waals surface area (Å²) in [6, 6.07) is 2.13. The molecule has 1 aromatic heterocycles. The molecule has 0 aromatic carbocycles. The lowest BCUT2D eigenvalue weighted by Crippen LogP contribution is -2.51. The van der Waals surface area contributed by atoms with Crippen LogP contribution in [0.15, 0.2) is 12.3 Å². The van der Waals surface area contributed by atoms with Crippen molar-refractivity contribution in [3.05, 3.63) is 29.1 Å². The van der Waals surface area contributed by atoms with E-state index < -0.39 is 17.0 Å². The monoisotopic (exact) mass is 421 g/mol. The number of hydrogen-bond donors (Lipinski definition) is 1. The molecule has 1 saturated heterocycles. The molecule has 6 nitrogen and oxygen atoms in total. The maximum Gasteiger partial charge on any atom is 0.410 e. The predicted molar refractivity (Wildman–Crippen MR) is 116 cm³/mol. The summed E-state index contributed by atoms with van der Waals surface area (Å²) in [5, 5.41) is 0. The number of carbonyl (C=O) groups is 1. The van der Waals surface area contributed by atoms with Crippen LogP contribution in [-0.2, 0) is 22.5 Å². The van der Waals surface area contributed by atoms with Gasteiger partial charge in [0, 0.05) is 41.8 Å². The SMILES string of the molecule is Cc1cc2c(cn1)CC1(CCN(C(=O)OC(C)(C)C)CC1)[C@@H]2N[S@+]([O-])C(C)(C)C. The van der Waals surface area contributed by atoms with Crippen molar-refractivity contribution in [3.8, 4) is 0 Å². The maximum atomic E-state index is 13.0. The van der Waals surface area contributed by atoms with E-state index in [2.05, 4.69) is 15.8 Å². The molecular weight excluding hydrogens is 386 g/mol. The van der Waals surface area contributed by atoms with Crippen molar-refractivity contribution in [1.29, 1.82) is 0 Å². The fourth-order valence-corrected chi connectivity index (χ4v) is 5.18. The summed E-state index contributed by atoms with van der Waals surface area (Å²) >= 11 is -1.18. The fourth-order valence-electron chi connectivity index (χ4n) is 4.24. The first-order chi connectivity index (χ1) is 13.3. The number of aryl methyl sites for hydroxylation is 1. The number of amides is 1. The van der Waals surface area contributed by atoms with Crippen molar-refractivity contribution < 1.29 is 14.1 Å². The molecule has 0 unspecified atom stereocenters. The number of hydrogen-bond acceptors (Lipinski definition) is 5. The Balaban J connectivity index is 1.81. The standard InChI is InChI=1S/C22H35N3O3S/c1-15-12-17-16(14-23-15)13-22(18(17)24-29(27)21(5,6)7)8-10-25(11-9-22)19(26)28-20(2,3)4/h12,14,18,24H,8-11,13H2,1-7H3/t18-,29-/m1/s1. The number of rotatable bonds is 2. The van der Waals surface area contributed by atoms with E-state index in [1.165, 1.54) is 11.1 Å². The molecule has 1 N–H and O–H groups in total. The summed E-state index contributed by atoms with van der Waals surface area (Å²) < 4.78 is 21.6. The van der Waals surface area contributed by atoms with Crippen molar-refractivity contribution in [2.24, 2.45) is 5.41 Å². The summed E-state index contributed by atoms with van der Waals surface area (Å²) in [6.45, 7) is 14.9. The lowest BCUT2D eigenvalue weighted by atomic mass is 9.73. The number of aromatic nitrogens is 1. The first kappa shape index (κ1) is 22.4. The van der Waals surface area contributed by atoms with Gasteiger partial charge in [-0.1, -0.05) is 0 Å². The van der Waals surface area contributed by atoms with Gasteiger partial charge in [0.25, 0.3) is 0 Å². The highest BCUT2D eigenvalue weighted by Gasteiger charge is 2.51. The van der Waals surface area contributed by atoms with Crippen LogP contribution in [0, 0.1) is 12.3 Å². The molecule has 0 radical (unpaired) electrons. The van der Waals surface area contributed by atoms with Crippen molar-refractivity contribution >= 4 is 17.5 Å². The highest BCUT2D eigenvalue weighted by atomic mass is 32.2. The molecule has 2 aliphatic rings. The molecule has 162 valence electrons. The zero-order valence-electron chi connectivity index (χ0n) is 18.8. The summed E-state index contributed by atoms with van der Waals surface area (Å²) in [5.41, 5.74) is 2.86. The zero-order chi connectivity index (χ0) is 21.6. The van der Waals surface area contributed by atoms with Crippen molar-refractivity contribution in [3.63, 3.8) is 0 Å². The van der Waals surface area contributed by atoms with Gasteiger partial charge in [0.05, 0.1) is 6.04 Å². The van der Waals surface area contributed by atoms with Crippen LogP contribution in [0.25, 0.3) is 0 Å². The highest BCUT2D eigenvalue weighted by Crippen LogP contribution is 2.52. The predicted octanol–water partition coefficient (Wildman–Crippen LogP) is 4.06. The van der Waals surface area contributed by atoms with E-state index in [1.54, 1.807) is 4.90 Å². The number of carbonyl (C=O) groups excluding carboxylic acids is 1. The first-order valence-corrected chi connectivity index (χ1v) is 11.6. The van der Waals surface area contributed by atoms with E-state index >= 15 is 0 Å². The number of likely N-dealkylation sites (tertiary alicyclic amines) is 1. The second-order valence-corrected chi connectivity index (χ2v) is 12.5. The number of nitrogens with one attached hydrogen (secondary N) is 1. The van der Waals surface area contributed by atoms with Crippen LogP contribution in [-0.4, -0.2) is 44.0 Å². The summed E-state index contributed by atoms with van der Waals surface area (Å²) in [7, 11) is 0. The minimum atomic E-state index is -1.18. The second kappa shape index (κ2) is 7.75. The van der Waals surface area contributed by atoms with Crippen molar-refractivity contribution in [2.45, 2.75) is 84.1 Å². The molecule has 1 amide bonds. The number of ether oxygens (including phenoxy) is 1. The van der Waals surface area contributed by atoms with Gasteiger partial charge < -0.3 is 14.2 Å². The average molecular weight is 422 g/mol.